The second kappa shape index (κ2) is 5.51. The average Bonchev–Trinajstić information content (AvgIpc) is 2.05. The second-order valence-corrected chi connectivity index (χ2v) is 3.49. The van der Waals surface area contributed by atoms with Crippen LogP contribution in [0.2, 0.25) is 0 Å². The van der Waals surface area contributed by atoms with Crippen molar-refractivity contribution < 1.29 is 9.84 Å². The SMILES string of the molecule is C[C@@H]1CCC[C@H](COCCO)N1. The third kappa shape index (κ3) is 3.52. The maximum absolute atomic E-state index is 8.50. The Morgan fingerprint density at radius 3 is 3.00 bits per heavy atom. The maximum Gasteiger partial charge on any atom is 0.0698 e. The predicted octanol–water partition coefficient (Wildman–Crippen LogP) is 0.526. The Bertz CT molecular complexity index is 119. The molecule has 0 bridgehead atoms. The van der Waals surface area contributed by atoms with Crippen LogP contribution in [0.15, 0.2) is 0 Å². The summed E-state index contributed by atoms with van der Waals surface area (Å²) in [5, 5.41) is 12.0. The summed E-state index contributed by atoms with van der Waals surface area (Å²) >= 11 is 0. The molecule has 1 heterocycles. The van der Waals surface area contributed by atoms with E-state index >= 15 is 0 Å². The maximum atomic E-state index is 8.50. The van der Waals surface area contributed by atoms with E-state index in [0.717, 1.165) is 6.61 Å². The van der Waals surface area contributed by atoms with Crippen molar-refractivity contribution in [3.8, 4) is 0 Å². The molecule has 1 fully saturated rings. The summed E-state index contributed by atoms with van der Waals surface area (Å²) in [6, 6.07) is 1.13. The normalized spacial score (nSPS) is 30.5. The quantitative estimate of drug-likeness (QED) is 0.609. The van der Waals surface area contributed by atoms with Crippen molar-refractivity contribution in [1.29, 1.82) is 0 Å². The van der Waals surface area contributed by atoms with Crippen LogP contribution in [0.1, 0.15) is 26.2 Å². The standard InChI is InChI=1S/C9H19NO2/c1-8-3-2-4-9(10-8)7-12-6-5-11/h8-11H,2-7H2,1H3/t8-,9-/m1/s1. The second-order valence-electron chi connectivity index (χ2n) is 3.49. The number of ether oxygens (including phenoxy) is 1. The number of aliphatic hydroxyl groups is 1. The highest BCUT2D eigenvalue weighted by molar-refractivity contribution is 4.77. The summed E-state index contributed by atoms with van der Waals surface area (Å²) in [6.45, 7) is 3.54. The van der Waals surface area contributed by atoms with E-state index in [0.29, 0.717) is 18.7 Å². The Labute approximate surface area is 74.1 Å². The molecule has 1 saturated heterocycles. The molecule has 0 saturated carbocycles. The number of piperidine rings is 1. The summed E-state index contributed by atoms with van der Waals surface area (Å²) in [4.78, 5) is 0. The van der Waals surface area contributed by atoms with Gasteiger partial charge in [-0.25, -0.2) is 0 Å². The smallest absolute Gasteiger partial charge is 0.0698 e. The molecule has 12 heavy (non-hydrogen) atoms. The van der Waals surface area contributed by atoms with Gasteiger partial charge in [-0.1, -0.05) is 6.42 Å². The lowest BCUT2D eigenvalue weighted by Crippen LogP contribution is -2.43. The molecule has 3 nitrogen and oxygen atoms in total. The summed E-state index contributed by atoms with van der Waals surface area (Å²) in [7, 11) is 0. The zero-order chi connectivity index (χ0) is 8.81. The molecular formula is C9H19NO2. The molecule has 2 atom stereocenters. The Hall–Kier alpha value is -0.120. The average molecular weight is 173 g/mol. The van der Waals surface area contributed by atoms with E-state index in [-0.39, 0.29) is 6.61 Å². The minimum absolute atomic E-state index is 0.127. The fraction of sp³-hybridized carbons (Fsp3) is 1.00. The van der Waals surface area contributed by atoms with Gasteiger partial charge in [0.05, 0.1) is 19.8 Å². The van der Waals surface area contributed by atoms with Crippen molar-refractivity contribution in [2.75, 3.05) is 19.8 Å². The molecule has 3 heteroatoms. The largest absolute Gasteiger partial charge is 0.394 e. The van der Waals surface area contributed by atoms with Gasteiger partial charge in [0.1, 0.15) is 0 Å². The molecule has 1 aliphatic heterocycles. The van der Waals surface area contributed by atoms with Crippen molar-refractivity contribution >= 4 is 0 Å². The van der Waals surface area contributed by atoms with E-state index in [1.165, 1.54) is 19.3 Å². The van der Waals surface area contributed by atoms with Crippen LogP contribution >= 0.6 is 0 Å². The monoisotopic (exact) mass is 173 g/mol. The van der Waals surface area contributed by atoms with Gasteiger partial charge in [-0.3, -0.25) is 0 Å². The number of hydrogen-bond acceptors (Lipinski definition) is 3. The van der Waals surface area contributed by atoms with Gasteiger partial charge in [-0.05, 0) is 19.8 Å². The van der Waals surface area contributed by atoms with Gasteiger partial charge in [0.15, 0.2) is 0 Å². The van der Waals surface area contributed by atoms with Crippen LogP contribution in [0.5, 0.6) is 0 Å². The highest BCUT2D eigenvalue weighted by atomic mass is 16.5. The van der Waals surface area contributed by atoms with Crippen LogP contribution < -0.4 is 5.32 Å². The third-order valence-corrected chi connectivity index (χ3v) is 2.26. The van der Waals surface area contributed by atoms with Gasteiger partial charge in [-0.2, -0.15) is 0 Å². The lowest BCUT2D eigenvalue weighted by molar-refractivity contribution is 0.0677. The van der Waals surface area contributed by atoms with Crippen LogP contribution in [0.4, 0.5) is 0 Å². The molecule has 0 unspecified atom stereocenters. The number of hydrogen-bond donors (Lipinski definition) is 2. The van der Waals surface area contributed by atoms with Crippen LogP contribution in [-0.2, 0) is 4.74 Å². The van der Waals surface area contributed by atoms with Crippen LogP contribution in [0, 0.1) is 0 Å². The molecule has 0 aromatic carbocycles. The van der Waals surface area contributed by atoms with Crippen LogP contribution in [0.25, 0.3) is 0 Å². The van der Waals surface area contributed by atoms with Crippen molar-refractivity contribution in [2.24, 2.45) is 0 Å². The van der Waals surface area contributed by atoms with E-state index in [9.17, 15) is 0 Å². The number of nitrogens with one attached hydrogen (secondary N) is 1. The molecule has 0 radical (unpaired) electrons. The first-order valence-corrected chi connectivity index (χ1v) is 4.77. The fourth-order valence-corrected chi connectivity index (χ4v) is 1.66. The van der Waals surface area contributed by atoms with E-state index in [1.807, 2.05) is 0 Å². The fourth-order valence-electron chi connectivity index (χ4n) is 1.66. The van der Waals surface area contributed by atoms with Crippen LogP contribution in [0.3, 0.4) is 0 Å². The summed E-state index contributed by atoms with van der Waals surface area (Å²) < 4.78 is 5.26. The molecular weight excluding hydrogens is 154 g/mol. The molecule has 1 aliphatic rings. The van der Waals surface area contributed by atoms with E-state index in [2.05, 4.69) is 12.2 Å². The van der Waals surface area contributed by atoms with Gasteiger partial charge < -0.3 is 15.2 Å². The van der Waals surface area contributed by atoms with Crippen molar-refractivity contribution in [3.63, 3.8) is 0 Å². The molecule has 0 amide bonds. The highest BCUT2D eigenvalue weighted by Crippen LogP contribution is 2.12. The molecule has 1 rings (SSSR count). The molecule has 0 aliphatic carbocycles. The van der Waals surface area contributed by atoms with Crippen molar-refractivity contribution in [2.45, 2.75) is 38.3 Å². The van der Waals surface area contributed by atoms with Crippen LogP contribution in [-0.4, -0.2) is 37.0 Å². The Morgan fingerprint density at radius 2 is 2.33 bits per heavy atom. The minimum atomic E-state index is 0.127. The summed E-state index contributed by atoms with van der Waals surface area (Å²) in [5.74, 6) is 0. The van der Waals surface area contributed by atoms with Gasteiger partial charge in [0.2, 0.25) is 0 Å². The number of rotatable bonds is 4. The molecule has 0 aromatic heterocycles. The van der Waals surface area contributed by atoms with E-state index in [4.69, 9.17) is 9.84 Å². The first kappa shape index (κ1) is 9.96. The summed E-state index contributed by atoms with van der Waals surface area (Å²) in [6.07, 6.45) is 3.77. The molecule has 0 aromatic rings. The van der Waals surface area contributed by atoms with Gasteiger partial charge in [-0.15, -0.1) is 0 Å². The van der Waals surface area contributed by atoms with Crippen molar-refractivity contribution in [3.05, 3.63) is 0 Å². The first-order chi connectivity index (χ1) is 5.83. The van der Waals surface area contributed by atoms with Crippen molar-refractivity contribution in [1.82, 2.24) is 5.32 Å². The minimum Gasteiger partial charge on any atom is -0.394 e. The molecule has 2 N–H and O–H groups in total. The Balaban J connectivity index is 2.06. The van der Waals surface area contributed by atoms with E-state index in [1.54, 1.807) is 0 Å². The van der Waals surface area contributed by atoms with Gasteiger partial charge >= 0.3 is 0 Å². The van der Waals surface area contributed by atoms with Gasteiger partial charge in [0.25, 0.3) is 0 Å². The lowest BCUT2D eigenvalue weighted by Gasteiger charge is -2.28. The Morgan fingerprint density at radius 1 is 1.50 bits per heavy atom. The zero-order valence-electron chi connectivity index (χ0n) is 7.75. The number of aliphatic hydroxyl groups excluding tert-OH is 1. The summed E-state index contributed by atoms with van der Waals surface area (Å²) in [5.41, 5.74) is 0. The first-order valence-electron chi connectivity index (χ1n) is 4.77. The topological polar surface area (TPSA) is 41.5 Å². The van der Waals surface area contributed by atoms with E-state index < -0.39 is 0 Å². The van der Waals surface area contributed by atoms with Gasteiger partial charge in [0, 0.05) is 12.1 Å². The lowest BCUT2D eigenvalue weighted by atomic mass is 10.0. The molecule has 72 valence electrons. The predicted molar refractivity (Wildman–Crippen MR) is 48.1 cm³/mol. The highest BCUT2D eigenvalue weighted by Gasteiger charge is 2.17. The third-order valence-electron chi connectivity index (χ3n) is 2.26. The zero-order valence-corrected chi connectivity index (χ0v) is 7.75. The Kier molecular flexibility index (Phi) is 4.58. The molecule has 0 spiro atoms.